The number of aromatic amines is 3. The van der Waals surface area contributed by atoms with Crippen molar-refractivity contribution in [1.29, 1.82) is 0 Å². The van der Waals surface area contributed by atoms with Crippen molar-refractivity contribution in [2.24, 2.45) is 0 Å². The van der Waals surface area contributed by atoms with E-state index in [1.54, 1.807) is 0 Å². The third-order valence-corrected chi connectivity index (χ3v) is 6.51. The quantitative estimate of drug-likeness (QED) is 0.151. The normalized spacial score (nSPS) is 10.5. The molecule has 206 valence electrons. The fourth-order valence-electron chi connectivity index (χ4n) is 4.67. The monoisotopic (exact) mass is 547 g/mol. The van der Waals surface area contributed by atoms with Crippen molar-refractivity contribution in [3.8, 4) is 22.8 Å². The third kappa shape index (κ3) is 9.86. The zero-order valence-electron chi connectivity index (χ0n) is 23.7. The zero-order chi connectivity index (χ0) is 25.2. The number of hydrogen-bond donors (Lipinski definition) is 3. The minimum Gasteiger partial charge on any atom is -1.00 e. The van der Waals surface area contributed by atoms with Gasteiger partial charge < -0.3 is 39.8 Å². The maximum atomic E-state index is 3.67. The van der Waals surface area contributed by atoms with Crippen LogP contribution in [0.5, 0.6) is 0 Å². The molecule has 3 rings (SSSR count). The van der Waals surface area contributed by atoms with Crippen LogP contribution in [0.25, 0.3) is 22.8 Å². The van der Waals surface area contributed by atoms with Crippen LogP contribution in [0.2, 0.25) is 0 Å². The number of nitrogens with one attached hydrogen (secondary N) is 3. The van der Waals surface area contributed by atoms with Crippen molar-refractivity contribution in [3.05, 3.63) is 46.8 Å². The van der Waals surface area contributed by atoms with Crippen molar-refractivity contribution >= 4 is 12.4 Å². The summed E-state index contributed by atoms with van der Waals surface area (Å²) in [5.41, 5.74) is 9.80. The van der Waals surface area contributed by atoms with Crippen LogP contribution in [0.3, 0.4) is 0 Å². The highest BCUT2D eigenvalue weighted by molar-refractivity contribution is 5.80. The number of hydrogen-bond acceptors (Lipinski definition) is 0. The summed E-state index contributed by atoms with van der Waals surface area (Å²) >= 11 is 0. The van der Waals surface area contributed by atoms with E-state index in [-0.39, 0.29) is 24.8 Å². The summed E-state index contributed by atoms with van der Waals surface area (Å²) in [5.74, 6) is 0. The number of unbranched alkanes of at least 4 members (excludes halogenated alkanes) is 6. The second kappa shape index (κ2) is 16.6. The number of aromatic nitrogens is 3. The molecule has 0 saturated heterocycles. The fraction of sp³-hybridized carbons (Fsp3) is 0.533. The van der Waals surface area contributed by atoms with Gasteiger partial charge >= 0.3 is 0 Å². The first-order chi connectivity index (χ1) is 16.9. The zero-order valence-corrected chi connectivity index (χ0v) is 25.2. The van der Waals surface area contributed by atoms with Crippen molar-refractivity contribution in [1.82, 2.24) is 15.0 Å². The number of H-pyrrole nitrogens is 3. The Bertz CT molecular complexity index is 1040. The van der Waals surface area contributed by atoms with Gasteiger partial charge in [-0.15, -0.1) is 0 Å². The lowest BCUT2D eigenvalue weighted by molar-refractivity contribution is -0.459. The van der Waals surface area contributed by atoms with E-state index in [1.165, 1.54) is 73.9 Å². The van der Waals surface area contributed by atoms with Gasteiger partial charge in [-0.25, -0.2) is 9.15 Å². The first-order valence-corrected chi connectivity index (χ1v) is 13.6. The summed E-state index contributed by atoms with van der Waals surface area (Å²) in [6.07, 6.45) is 16.9. The molecule has 0 unspecified atom stereocenters. The van der Waals surface area contributed by atoms with Crippen LogP contribution < -0.4 is 24.8 Å². The van der Waals surface area contributed by atoms with E-state index < -0.39 is 0 Å². The molecule has 0 radical (unpaired) electrons. The van der Waals surface area contributed by atoms with Gasteiger partial charge in [0, 0.05) is 0 Å². The molecule has 0 aromatic carbocycles. The molecule has 5 nitrogen and oxygen atoms in total. The van der Waals surface area contributed by atoms with Crippen molar-refractivity contribution < 1.29 is 34.0 Å². The summed E-state index contributed by atoms with van der Waals surface area (Å²) < 4.78 is 4.24. The second-order valence-electron chi connectivity index (χ2n) is 10.3. The average Bonchev–Trinajstić information content (AvgIpc) is 3.53. The fourth-order valence-corrected chi connectivity index (χ4v) is 4.67. The molecule has 0 spiro atoms. The Hall–Kier alpha value is -2.24. The van der Waals surface area contributed by atoms with Crippen LogP contribution in [0.4, 0.5) is 0 Å². The molecule has 3 N–H and O–H groups in total. The molecule has 7 heteroatoms. The third-order valence-electron chi connectivity index (χ3n) is 6.51. The van der Waals surface area contributed by atoms with Gasteiger partial charge in [-0.3, -0.25) is 0 Å². The maximum absolute atomic E-state index is 3.67. The van der Waals surface area contributed by atoms with Gasteiger partial charge in [-0.2, -0.15) is 0 Å². The number of halogens is 2. The van der Waals surface area contributed by atoms with Crippen molar-refractivity contribution in [3.63, 3.8) is 0 Å². The predicted molar refractivity (Wildman–Crippen MR) is 151 cm³/mol. The molecule has 0 aliphatic rings. The van der Waals surface area contributed by atoms with E-state index in [4.69, 9.17) is 0 Å². The van der Waals surface area contributed by atoms with Gasteiger partial charge in [0.2, 0.25) is 0 Å². The molecule has 0 saturated carbocycles. The van der Waals surface area contributed by atoms with Crippen molar-refractivity contribution in [2.75, 3.05) is 28.2 Å². The van der Waals surface area contributed by atoms with E-state index in [0.717, 1.165) is 35.6 Å². The molecule has 3 aromatic rings. The van der Waals surface area contributed by atoms with Crippen LogP contribution >= 0.6 is 0 Å². The van der Waals surface area contributed by atoms with Gasteiger partial charge in [0.25, 0.3) is 0 Å². The minimum atomic E-state index is 0. The Balaban J connectivity index is 0.00000342. The molecule has 0 bridgehead atoms. The molecule has 0 amide bonds. The Labute approximate surface area is 236 Å². The molecular formula is C30H47Cl2N5. The summed E-state index contributed by atoms with van der Waals surface area (Å²) in [6.45, 7) is 4.53. The Kier molecular flexibility index (Phi) is 14.7. The molecule has 0 aliphatic heterocycles. The van der Waals surface area contributed by atoms with E-state index >= 15 is 0 Å². The van der Waals surface area contributed by atoms with Crippen LogP contribution in [0, 0.1) is 0 Å². The minimum absolute atomic E-state index is 0. The first-order valence-electron chi connectivity index (χ1n) is 13.6. The predicted octanol–water partition coefficient (Wildman–Crippen LogP) is 0.641. The summed E-state index contributed by atoms with van der Waals surface area (Å²) in [5, 5.41) is 0. The van der Waals surface area contributed by atoms with Gasteiger partial charge in [0.15, 0.2) is 12.4 Å². The summed E-state index contributed by atoms with van der Waals surface area (Å²) in [7, 11) is 8.34. The molecule has 37 heavy (non-hydrogen) atoms. The van der Waals surface area contributed by atoms with Gasteiger partial charge in [0.1, 0.15) is 39.6 Å². The van der Waals surface area contributed by atoms with E-state index in [9.17, 15) is 0 Å². The second-order valence-corrected chi connectivity index (χ2v) is 10.3. The summed E-state index contributed by atoms with van der Waals surface area (Å²) in [6, 6.07) is 9.04. The maximum Gasteiger partial charge on any atom is 0.187 e. The molecule has 3 heterocycles. The molecule has 3 aromatic heterocycles. The smallest absolute Gasteiger partial charge is 0.187 e. The van der Waals surface area contributed by atoms with Crippen molar-refractivity contribution in [2.45, 2.75) is 78.1 Å². The standard InChI is InChI=1S/C30H45N5.2ClH/c1-7-9-11-13-15-23-19-27(32-29(23)21-34(3)4)25-17-18-26(31-25)28-20-24(16-14-12-10-8-2)30(33-28)22-35(5)6;;/h17-22H,7-16H2,1-6H3,(H,31,32,33);2*1H. The Morgan fingerprint density at radius 1 is 0.568 bits per heavy atom. The molecule has 0 aliphatic carbocycles. The average molecular weight is 549 g/mol. The highest BCUT2D eigenvalue weighted by atomic mass is 35.5. The largest absolute Gasteiger partial charge is 1.00 e. The Morgan fingerprint density at radius 3 is 1.32 bits per heavy atom. The van der Waals surface area contributed by atoms with E-state index in [0.29, 0.717) is 0 Å². The number of aryl methyl sites for hydroxylation is 2. The van der Waals surface area contributed by atoms with E-state index in [1.807, 2.05) is 0 Å². The molecule has 0 fully saturated rings. The topological polar surface area (TPSA) is 53.4 Å². The van der Waals surface area contributed by atoms with Crippen LogP contribution in [0.1, 0.15) is 87.7 Å². The van der Waals surface area contributed by atoms with Crippen LogP contribution in [-0.4, -0.2) is 64.7 Å². The molecular weight excluding hydrogens is 501 g/mol. The highest BCUT2D eigenvalue weighted by Crippen LogP contribution is 2.27. The van der Waals surface area contributed by atoms with Crippen LogP contribution in [0.15, 0.2) is 24.3 Å². The molecule has 0 atom stereocenters. The summed E-state index contributed by atoms with van der Waals surface area (Å²) in [4.78, 5) is 11.0. The lowest BCUT2D eigenvalue weighted by Crippen LogP contribution is -3.00. The Morgan fingerprint density at radius 2 is 0.973 bits per heavy atom. The SMILES string of the molecule is CCCCCCc1cc(-c2ccc(-c3cc(CCCCCC)c(C=[N+](C)C)[nH]3)[nH]2)[nH]c1C=[N+](C)C.[Cl-].[Cl-]. The first kappa shape index (κ1) is 32.8. The van der Waals surface area contributed by atoms with Gasteiger partial charge in [0.05, 0.1) is 22.8 Å². The number of rotatable bonds is 14. The van der Waals surface area contributed by atoms with Gasteiger partial charge in [-0.1, -0.05) is 52.4 Å². The van der Waals surface area contributed by atoms with Crippen LogP contribution in [-0.2, 0) is 12.8 Å². The number of nitrogens with zero attached hydrogens (tertiary/aromatic N) is 2. The van der Waals surface area contributed by atoms with Gasteiger partial charge in [-0.05, 0) is 61.1 Å². The lowest BCUT2D eigenvalue weighted by Gasteiger charge is -1.99. The highest BCUT2D eigenvalue weighted by Gasteiger charge is 2.15. The lowest BCUT2D eigenvalue weighted by atomic mass is 10.1. The van der Waals surface area contributed by atoms with E-state index in [2.05, 4.69) is 103 Å².